The summed E-state index contributed by atoms with van der Waals surface area (Å²) in [7, 11) is 0. The lowest BCUT2D eigenvalue weighted by atomic mass is 10.3. The monoisotopic (exact) mass is 338 g/mol. The van der Waals surface area contributed by atoms with Gasteiger partial charge in [0.1, 0.15) is 11.6 Å². The molecule has 8 heteroatoms. The van der Waals surface area contributed by atoms with Gasteiger partial charge in [-0.25, -0.2) is 4.98 Å². The lowest BCUT2D eigenvalue weighted by molar-refractivity contribution is 0.0927. The molecule has 3 aromatic heterocycles. The SMILES string of the molecule is Cc1ccnc(Nc2ccc(NCCNC(=O)c3ccco3)nn2)c1. The number of pyridine rings is 1. The molecule has 0 radical (unpaired) electrons. The molecule has 128 valence electrons. The van der Waals surface area contributed by atoms with E-state index in [0.29, 0.717) is 30.5 Å². The molecule has 0 aliphatic heterocycles. The maximum absolute atomic E-state index is 11.7. The number of hydrogen-bond acceptors (Lipinski definition) is 7. The molecule has 3 N–H and O–H groups in total. The molecule has 0 fully saturated rings. The van der Waals surface area contributed by atoms with E-state index in [-0.39, 0.29) is 5.91 Å². The lowest BCUT2D eigenvalue weighted by Gasteiger charge is -2.07. The van der Waals surface area contributed by atoms with E-state index in [4.69, 9.17) is 4.42 Å². The first kappa shape index (κ1) is 16.4. The first-order valence-electron chi connectivity index (χ1n) is 7.80. The van der Waals surface area contributed by atoms with E-state index in [1.165, 1.54) is 6.26 Å². The van der Waals surface area contributed by atoms with Crippen molar-refractivity contribution >= 4 is 23.4 Å². The van der Waals surface area contributed by atoms with Crippen LogP contribution in [0.2, 0.25) is 0 Å². The Labute approximate surface area is 144 Å². The molecule has 0 aliphatic rings. The molecular formula is C17H18N6O2. The smallest absolute Gasteiger partial charge is 0.287 e. The van der Waals surface area contributed by atoms with Crippen LogP contribution in [0.4, 0.5) is 17.5 Å². The van der Waals surface area contributed by atoms with Gasteiger partial charge in [0.2, 0.25) is 0 Å². The minimum absolute atomic E-state index is 0.247. The van der Waals surface area contributed by atoms with Gasteiger partial charge in [-0.3, -0.25) is 4.79 Å². The molecule has 0 aliphatic carbocycles. The Morgan fingerprint density at radius 2 is 1.92 bits per heavy atom. The Morgan fingerprint density at radius 1 is 1.08 bits per heavy atom. The number of carbonyl (C=O) groups excluding carboxylic acids is 1. The lowest BCUT2D eigenvalue weighted by Crippen LogP contribution is -2.28. The highest BCUT2D eigenvalue weighted by Gasteiger charge is 2.06. The Bertz CT molecular complexity index is 817. The zero-order chi connectivity index (χ0) is 17.5. The summed E-state index contributed by atoms with van der Waals surface area (Å²) < 4.78 is 5.01. The van der Waals surface area contributed by atoms with Crippen LogP contribution in [-0.4, -0.2) is 34.2 Å². The van der Waals surface area contributed by atoms with Crippen LogP contribution >= 0.6 is 0 Å². The van der Waals surface area contributed by atoms with Crippen molar-refractivity contribution in [2.75, 3.05) is 23.7 Å². The number of hydrogen-bond donors (Lipinski definition) is 3. The predicted octanol–water partition coefficient (Wildman–Crippen LogP) is 2.36. The van der Waals surface area contributed by atoms with Gasteiger partial charge in [0, 0.05) is 19.3 Å². The first-order valence-corrected chi connectivity index (χ1v) is 7.80. The zero-order valence-corrected chi connectivity index (χ0v) is 13.7. The van der Waals surface area contributed by atoms with Gasteiger partial charge in [0.25, 0.3) is 5.91 Å². The molecule has 0 saturated heterocycles. The van der Waals surface area contributed by atoms with Crippen molar-refractivity contribution < 1.29 is 9.21 Å². The summed E-state index contributed by atoms with van der Waals surface area (Å²) >= 11 is 0. The van der Waals surface area contributed by atoms with Crippen molar-refractivity contribution in [3.05, 3.63) is 60.2 Å². The van der Waals surface area contributed by atoms with Crippen LogP contribution in [0, 0.1) is 6.92 Å². The van der Waals surface area contributed by atoms with Crippen LogP contribution in [0.25, 0.3) is 0 Å². The number of aromatic nitrogens is 3. The molecule has 8 nitrogen and oxygen atoms in total. The highest BCUT2D eigenvalue weighted by Crippen LogP contribution is 2.13. The second-order valence-electron chi connectivity index (χ2n) is 5.31. The molecule has 0 bridgehead atoms. The van der Waals surface area contributed by atoms with Crippen molar-refractivity contribution in [2.24, 2.45) is 0 Å². The Kier molecular flexibility index (Phi) is 5.20. The van der Waals surface area contributed by atoms with E-state index in [2.05, 4.69) is 31.1 Å². The van der Waals surface area contributed by atoms with Crippen LogP contribution in [-0.2, 0) is 0 Å². The van der Waals surface area contributed by atoms with Gasteiger partial charge in [0.05, 0.1) is 6.26 Å². The van der Waals surface area contributed by atoms with Crippen molar-refractivity contribution in [1.29, 1.82) is 0 Å². The molecule has 1 amide bonds. The third kappa shape index (κ3) is 4.77. The summed E-state index contributed by atoms with van der Waals surface area (Å²) in [5.74, 6) is 1.99. The minimum Gasteiger partial charge on any atom is -0.459 e. The highest BCUT2D eigenvalue weighted by molar-refractivity contribution is 5.91. The Balaban J connectivity index is 1.44. The molecule has 3 heterocycles. The fourth-order valence-electron chi connectivity index (χ4n) is 2.09. The van der Waals surface area contributed by atoms with E-state index in [1.54, 1.807) is 30.5 Å². The van der Waals surface area contributed by atoms with Gasteiger partial charge in [-0.15, -0.1) is 10.2 Å². The van der Waals surface area contributed by atoms with Crippen LogP contribution in [0.15, 0.2) is 53.3 Å². The van der Waals surface area contributed by atoms with Crippen LogP contribution < -0.4 is 16.0 Å². The molecule has 0 aromatic carbocycles. The molecule has 3 aromatic rings. The van der Waals surface area contributed by atoms with Crippen LogP contribution in [0.1, 0.15) is 16.1 Å². The first-order chi connectivity index (χ1) is 12.2. The van der Waals surface area contributed by atoms with Crippen molar-refractivity contribution in [1.82, 2.24) is 20.5 Å². The normalized spacial score (nSPS) is 10.3. The number of nitrogens with one attached hydrogen (secondary N) is 3. The summed E-state index contributed by atoms with van der Waals surface area (Å²) in [6.45, 7) is 2.96. The van der Waals surface area contributed by atoms with E-state index in [0.717, 1.165) is 11.4 Å². The third-order valence-corrected chi connectivity index (χ3v) is 3.30. The number of aryl methyl sites for hydroxylation is 1. The number of amides is 1. The average molecular weight is 338 g/mol. The number of furan rings is 1. The van der Waals surface area contributed by atoms with E-state index >= 15 is 0 Å². The standard InChI is InChI=1S/C17H18N6O2/c1-12-6-7-18-16(11-12)21-15-5-4-14(22-23-15)19-8-9-20-17(24)13-3-2-10-25-13/h2-7,10-11H,8-9H2,1H3,(H,19,22)(H,20,24)(H,18,21,23). The molecular weight excluding hydrogens is 320 g/mol. The fourth-order valence-corrected chi connectivity index (χ4v) is 2.09. The van der Waals surface area contributed by atoms with E-state index in [1.807, 2.05) is 19.1 Å². The zero-order valence-electron chi connectivity index (χ0n) is 13.7. The topological polar surface area (TPSA) is 105 Å². The van der Waals surface area contributed by atoms with Crippen molar-refractivity contribution in [2.45, 2.75) is 6.92 Å². The summed E-state index contributed by atoms with van der Waals surface area (Å²) in [5.41, 5.74) is 1.11. The average Bonchev–Trinajstić information content (AvgIpc) is 3.15. The van der Waals surface area contributed by atoms with Gasteiger partial charge in [-0.2, -0.15) is 0 Å². The highest BCUT2D eigenvalue weighted by atomic mass is 16.3. The minimum atomic E-state index is -0.247. The van der Waals surface area contributed by atoms with Crippen LogP contribution in [0.3, 0.4) is 0 Å². The molecule has 0 saturated carbocycles. The predicted molar refractivity (Wildman–Crippen MR) is 93.8 cm³/mol. The summed E-state index contributed by atoms with van der Waals surface area (Å²) in [6.07, 6.45) is 3.20. The van der Waals surface area contributed by atoms with Gasteiger partial charge in [-0.05, 0) is 48.9 Å². The molecule has 0 unspecified atom stereocenters. The Hall–Kier alpha value is -3.42. The molecule has 25 heavy (non-hydrogen) atoms. The van der Waals surface area contributed by atoms with Crippen LogP contribution in [0.5, 0.6) is 0 Å². The number of carbonyl (C=O) groups is 1. The quantitative estimate of drug-likeness (QED) is 0.568. The second kappa shape index (κ2) is 7.91. The molecule has 3 rings (SSSR count). The fraction of sp³-hybridized carbons (Fsp3) is 0.176. The largest absolute Gasteiger partial charge is 0.459 e. The summed E-state index contributed by atoms with van der Waals surface area (Å²) in [4.78, 5) is 15.9. The molecule has 0 atom stereocenters. The van der Waals surface area contributed by atoms with Crippen molar-refractivity contribution in [3.63, 3.8) is 0 Å². The summed E-state index contributed by atoms with van der Waals surface area (Å²) in [6, 6.07) is 10.7. The number of rotatable bonds is 7. The second-order valence-corrected chi connectivity index (χ2v) is 5.31. The van der Waals surface area contributed by atoms with Gasteiger partial charge in [-0.1, -0.05) is 0 Å². The molecule has 0 spiro atoms. The maximum Gasteiger partial charge on any atom is 0.287 e. The summed E-state index contributed by atoms with van der Waals surface area (Å²) in [5, 5.41) is 17.1. The van der Waals surface area contributed by atoms with Gasteiger partial charge in [0.15, 0.2) is 11.6 Å². The number of anilines is 3. The van der Waals surface area contributed by atoms with E-state index in [9.17, 15) is 4.79 Å². The van der Waals surface area contributed by atoms with Crippen molar-refractivity contribution in [3.8, 4) is 0 Å². The maximum atomic E-state index is 11.7. The van der Waals surface area contributed by atoms with Gasteiger partial charge < -0.3 is 20.4 Å². The van der Waals surface area contributed by atoms with Gasteiger partial charge >= 0.3 is 0 Å². The van der Waals surface area contributed by atoms with E-state index < -0.39 is 0 Å². The Morgan fingerprint density at radius 3 is 2.64 bits per heavy atom. The third-order valence-electron chi connectivity index (χ3n) is 3.30. The number of nitrogens with zero attached hydrogens (tertiary/aromatic N) is 3.